The van der Waals surface area contributed by atoms with E-state index in [1.165, 1.54) is 18.3 Å². The van der Waals surface area contributed by atoms with Crippen molar-refractivity contribution in [2.75, 3.05) is 5.43 Å². The third-order valence-corrected chi connectivity index (χ3v) is 3.87. The molecular weight excluding hydrogens is 358 g/mol. The summed E-state index contributed by atoms with van der Waals surface area (Å²) in [4.78, 5) is 22.3. The van der Waals surface area contributed by atoms with Crippen LogP contribution in [0.25, 0.3) is 0 Å². The van der Waals surface area contributed by atoms with Crippen molar-refractivity contribution in [3.8, 4) is 0 Å². The molecule has 0 bridgehead atoms. The Kier molecular flexibility index (Phi) is 6.59. The second-order valence-electron chi connectivity index (χ2n) is 7.20. The standard InChI is InChI=1S/C20H23N5O3/c1-14(13-21-23-17-9-11-18(12-10-17)25(27)28)22-24-19(26)15-5-7-16(8-6-15)20(2,3)4/h5-13,23H,1-4H3,(H,24,26)/b21-13+,22-14+. The summed E-state index contributed by atoms with van der Waals surface area (Å²) in [6, 6.07) is 13.3. The topological polar surface area (TPSA) is 109 Å². The Bertz CT molecular complexity index is 895. The van der Waals surface area contributed by atoms with E-state index in [1.54, 1.807) is 31.2 Å². The van der Waals surface area contributed by atoms with Gasteiger partial charge in [-0.05, 0) is 42.2 Å². The van der Waals surface area contributed by atoms with E-state index in [1.807, 2.05) is 12.1 Å². The molecule has 2 aromatic carbocycles. The Morgan fingerprint density at radius 2 is 1.68 bits per heavy atom. The van der Waals surface area contributed by atoms with Crippen molar-refractivity contribution in [2.24, 2.45) is 10.2 Å². The molecule has 2 rings (SSSR count). The summed E-state index contributed by atoms with van der Waals surface area (Å²) >= 11 is 0. The number of hydrazone groups is 2. The number of hydrogen-bond donors (Lipinski definition) is 2. The molecule has 0 fully saturated rings. The number of amides is 1. The van der Waals surface area contributed by atoms with Gasteiger partial charge in [0.25, 0.3) is 11.6 Å². The van der Waals surface area contributed by atoms with E-state index in [4.69, 9.17) is 0 Å². The lowest BCUT2D eigenvalue weighted by Gasteiger charge is -2.18. The summed E-state index contributed by atoms with van der Waals surface area (Å²) in [6.45, 7) is 8.02. The van der Waals surface area contributed by atoms with Gasteiger partial charge in [-0.3, -0.25) is 20.3 Å². The van der Waals surface area contributed by atoms with E-state index in [9.17, 15) is 14.9 Å². The molecule has 0 aliphatic carbocycles. The third-order valence-electron chi connectivity index (χ3n) is 3.87. The van der Waals surface area contributed by atoms with Gasteiger partial charge in [0.2, 0.25) is 0 Å². The molecule has 8 nitrogen and oxygen atoms in total. The molecule has 8 heteroatoms. The van der Waals surface area contributed by atoms with Gasteiger partial charge in [-0.25, -0.2) is 5.43 Å². The molecule has 28 heavy (non-hydrogen) atoms. The second-order valence-corrected chi connectivity index (χ2v) is 7.20. The zero-order valence-electron chi connectivity index (χ0n) is 16.3. The van der Waals surface area contributed by atoms with E-state index < -0.39 is 4.92 Å². The summed E-state index contributed by atoms with van der Waals surface area (Å²) < 4.78 is 0. The van der Waals surface area contributed by atoms with Crippen LogP contribution in [0.15, 0.2) is 58.7 Å². The van der Waals surface area contributed by atoms with Gasteiger partial charge in [0, 0.05) is 17.7 Å². The van der Waals surface area contributed by atoms with Crippen LogP contribution in [0.2, 0.25) is 0 Å². The van der Waals surface area contributed by atoms with Gasteiger partial charge in [-0.2, -0.15) is 10.2 Å². The Balaban J connectivity index is 1.89. The molecule has 2 N–H and O–H groups in total. The Hall–Kier alpha value is -3.55. The SMILES string of the molecule is CC(/C=N/Nc1ccc([N+](=O)[O-])cc1)=N\NC(=O)c1ccc(C(C)(C)C)cc1. The number of carbonyl (C=O) groups excluding carboxylic acids is 1. The molecule has 0 aromatic heterocycles. The fourth-order valence-electron chi connectivity index (χ4n) is 2.21. The lowest BCUT2D eigenvalue weighted by molar-refractivity contribution is -0.384. The zero-order valence-corrected chi connectivity index (χ0v) is 16.3. The number of nitro benzene ring substituents is 1. The van der Waals surface area contributed by atoms with Crippen LogP contribution >= 0.6 is 0 Å². The number of benzene rings is 2. The highest BCUT2D eigenvalue weighted by Crippen LogP contribution is 2.22. The summed E-state index contributed by atoms with van der Waals surface area (Å²) in [5.41, 5.74) is 7.99. The molecule has 2 aromatic rings. The van der Waals surface area contributed by atoms with Crippen molar-refractivity contribution >= 4 is 29.2 Å². The highest BCUT2D eigenvalue weighted by atomic mass is 16.6. The van der Waals surface area contributed by atoms with Crippen LogP contribution in [0.3, 0.4) is 0 Å². The number of carbonyl (C=O) groups is 1. The molecule has 0 spiro atoms. The van der Waals surface area contributed by atoms with Crippen LogP contribution in [-0.4, -0.2) is 22.8 Å². The average Bonchev–Trinajstić information content (AvgIpc) is 2.66. The van der Waals surface area contributed by atoms with E-state index in [2.05, 4.69) is 41.8 Å². The Labute approximate surface area is 163 Å². The number of rotatable bonds is 6. The quantitative estimate of drug-likeness (QED) is 0.446. The first kappa shape index (κ1) is 20.8. The Morgan fingerprint density at radius 3 is 2.21 bits per heavy atom. The first-order chi connectivity index (χ1) is 13.2. The molecule has 1 amide bonds. The minimum Gasteiger partial charge on any atom is -0.278 e. The molecule has 0 saturated carbocycles. The minimum absolute atomic E-state index is 0.00511. The molecule has 0 atom stereocenters. The highest BCUT2D eigenvalue weighted by molar-refractivity contribution is 6.29. The molecule has 0 radical (unpaired) electrons. The van der Waals surface area contributed by atoms with Gasteiger partial charge in [-0.15, -0.1) is 0 Å². The van der Waals surface area contributed by atoms with Crippen LogP contribution in [0.5, 0.6) is 0 Å². The number of non-ortho nitro benzene ring substituents is 1. The predicted molar refractivity (Wildman–Crippen MR) is 111 cm³/mol. The van der Waals surface area contributed by atoms with Crippen molar-refractivity contribution < 1.29 is 9.72 Å². The maximum Gasteiger partial charge on any atom is 0.271 e. The average molecular weight is 381 g/mol. The second kappa shape index (κ2) is 8.90. The maximum absolute atomic E-state index is 12.2. The lowest BCUT2D eigenvalue weighted by atomic mass is 9.87. The molecule has 0 unspecified atom stereocenters. The fourth-order valence-corrected chi connectivity index (χ4v) is 2.21. The molecule has 0 aliphatic rings. The number of anilines is 1. The van der Waals surface area contributed by atoms with E-state index in [-0.39, 0.29) is 17.0 Å². The van der Waals surface area contributed by atoms with E-state index in [0.29, 0.717) is 17.0 Å². The Morgan fingerprint density at radius 1 is 1.07 bits per heavy atom. The molecule has 0 aliphatic heterocycles. The number of nitrogens with one attached hydrogen (secondary N) is 2. The molecular formula is C20H23N5O3. The van der Waals surface area contributed by atoms with Crippen molar-refractivity contribution in [3.05, 3.63) is 69.8 Å². The van der Waals surface area contributed by atoms with E-state index in [0.717, 1.165) is 5.56 Å². The van der Waals surface area contributed by atoms with Gasteiger partial charge in [0.15, 0.2) is 0 Å². The number of nitrogens with zero attached hydrogens (tertiary/aromatic N) is 3. The minimum atomic E-state index is -0.469. The van der Waals surface area contributed by atoms with Crippen molar-refractivity contribution in [1.29, 1.82) is 0 Å². The van der Waals surface area contributed by atoms with Gasteiger partial charge < -0.3 is 0 Å². The third kappa shape index (κ3) is 6.01. The molecule has 0 heterocycles. The van der Waals surface area contributed by atoms with Crippen LogP contribution in [0, 0.1) is 10.1 Å². The largest absolute Gasteiger partial charge is 0.278 e. The molecule has 146 valence electrons. The van der Waals surface area contributed by atoms with Gasteiger partial charge >= 0.3 is 0 Å². The highest BCUT2D eigenvalue weighted by Gasteiger charge is 2.14. The fraction of sp³-hybridized carbons (Fsp3) is 0.250. The van der Waals surface area contributed by atoms with Crippen LogP contribution in [0.4, 0.5) is 11.4 Å². The van der Waals surface area contributed by atoms with Crippen LogP contribution < -0.4 is 10.9 Å². The number of nitro groups is 1. The predicted octanol–water partition coefficient (Wildman–Crippen LogP) is 4.10. The van der Waals surface area contributed by atoms with Gasteiger partial charge in [0.05, 0.1) is 22.5 Å². The van der Waals surface area contributed by atoms with Crippen molar-refractivity contribution in [3.63, 3.8) is 0 Å². The first-order valence-corrected chi connectivity index (χ1v) is 8.65. The van der Waals surface area contributed by atoms with Crippen LogP contribution in [0.1, 0.15) is 43.6 Å². The smallest absolute Gasteiger partial charge is 0.271 e. The maximum atomic E-state index is 12.2. The monoisotopic (exact) mass is 381 g/mol. The summed E-state index contributed by atoms with van der Waals surface area (Å²) in [5, 5.41) is 18.6. The summed E-state index contributed by atoms with van der Waals surface area (Å²) in [6.07, 6.45) is 1.43. The van der Waals surface area contributed by atoms with Gasteiger partial charge in [-0.1, -0.05) is 32.9 Å². The first-order valence-electron chi connectivity index (χ1n) is 8.65. The zero-order chi connectivity index (χ0) is 20.7. The molecule has 0 saturated heterocycles. The van der Waals surface area contributed by atoms with E-state index >= 15 is 0 Å². The van der Waals surface area contributed by atoms with Crippen molar-refractivity contribution in [1.82, 2.24) is 5.43 Å². The number of hydrogen-bond acceptors (Lipinski definition) is 6. The van der Waals surface area contributed by atoms with Gasteiger partial charge in [0.1, 0.15) is 0 Å². The van der Waals surface area contributed by atoms with Crippen molar-refractivity contribution in [2.45, 2.75) is 33.1 Å². The summed E-state index contributed by atoms with van der Waals surface area (Å²) in [5.74, 6) is -0.309. The summed E-state index contributed by atoms with van der Waals surface area (Å²) in [7, 11) is 0. The van der Waals surface area contributed by atoms with Crippen LogP contribution in [-0.2, 0) is 5.41 Å². The normalized spacial score (nSPS) is 12.1. The lowest BCUT2D eigenvalue weighted by Crippen LogP contribution is -2.20.